The summed E-state index contributed by atoms with van der Waals surface area (Å²) in [6.45, 7) is 2.74. The topological polar surface area (TPSA) is 60.9 Å². The third-order valence-corrected chi connectivity index (χ3v) is 6.90. The standard InChI is InChI=1S/C20H26ClFN2O.C2HF3O2/c21-17-10-16(22)7-6-15(17)13-24-18-8-9-23(19(18)11-20(24)25)12-14-4-2-1-3-5-14;3-2(4,5)1(6)7/h6-7,10,14,18-19H,1-5,8-9,11-13H2;(H,6,7)/t18-,19-;/m0./s1. The second-order valence-electron chi connectivity index (χ2n) is 8.69. The molecule has 0 radical (unpaired) electrons. The first-order valence-corrected chi connectivity index (χ1v) is 11.2. The van der Waals surface area contributed by atoms with Gasteiger partial charge in [0.15, 0.2) is 0 Å². The number of fused-ring (bicyclic) bond motifs is 1. The van der Waals surface area contributed by atoms with Gasteiger partial charge in [-0.2, -0.15) is 13.2 Å². The van der Waals surface area contributed by atoms with Crippen LogP contribution in [0.25, 0.3) is 0 Å². The van der Waals surface area contributed by atoms with E-state index in [1.807, 2.05) is 4.90 Å². The van der Waals surface area contributed by atoms with Gasteiger partial charge in [0, 0.05) is 43.2 Å². The number of likely N-dealkylation sites (tertiary alicyclic amines) is 2. The van der Waals surface area contributed by atoms with Crippen molar-refractivity contribution >= 4 is 23.5 Å². The van der Waals surface area contributed by atoms with E-state index in [1.54, 1.807) is 6.07 Å². The first-order valence-electron chi connectivity index (χ1n) is 10.8. The third-order valence-electron chi connectivity index (χ3n) is 6.55. The Hall–Kier alpha value is -1.87. The zero-order valence-electron chi connectivity index (χ0n) is 17.6. The van der Waals surface area contributed by atoms with Crippen molar-refractivity contribution in [1.82, 2.24) is 9.80 Å². The molecule has 0 aromatic heterocycles. The van der Waals surface area contributed by atoms with E-state index in [-0.39, 0.29) is 17.8 Å². The van der Waals surface area contributed by atoms with Gasteiger partial charge in [-0.05, 0) is 42.9 Å². The molecule has 2 aliphatic heterocycles. The number of benzene rings is 1. The van der Waals surface area contributed by atoms with Crippen LogP contribution >= 0.6 is 11.6 Å². The van der Waals surface area contributed by atoms with Crippen LogP contribution in [0.5, 0.6) is 0 Å². The Morgan fingerprint density at radius 1 is 1.12 bits per heavy atom. The largest absolute Gasteiger partial charge is 0.490 e. The van der Waals surface area contributed by atoms with E-state index in [4.69, 9.17) is 21.5 Å². The number of hydrogen-bond donors (Lipinski definition) is 1. The Morgan fingerprint density at radius 3 is 2.38 bits per heavy atom. The number of carboxylic acids is 1. The van der Waals surface area contributed by atoms with Crippen LogP contribution in [0.15, 0.2) is 18.2 Å². The highest BCUT2D eigenvalue weighted by molar-refractivity contribution is 6.31. The molecule has 178 valence electrons. The van der Waals surface area contributed by atoms with Crippen LogP contribution in [0.3, 0.4) is 0 Å². The Balaban J connectivity index is 0.000000360. The number of carbonyl (C=O) groups excluding carboxylic acids is 1. The van der Waals surface area contributed by atoms with Crippen molar-refractivity contribution in [2.45, 2.75) is 69.8 Å². The molecule has 0 spiro atoms. The fourth-order valence-corrected chi connectivity index (χ4v) is 5.20. The predicted molar refractivity (Wildman–Crippen MR) is 111 cm³/mol. The molecule has 3 aliphatic rings. The molecule has 10 heteroatoms. The fraction of sp³-hybridized carbons (Fsp3) is 0.636. The quantitative estimate of drug-likeness (QED) is 0.627. The van der Waals surface area contributed by atoms with E-state index in [1.165, 1.54) is 44.2 Å². The minimum Gasteiger partial charge on any atom is -0.475 e. The van der Waals surface area contributed by atoms with Crippen molar-refractivity contribution < 1.29 is 32.3 Å². The third kappa shape index (κ3) is 6.13. The fourth-order valence-electron chi connectivity index (χ4n) is 4.98. The second-order valence-corrected chi connectivity index (χ2v) is 9.09. The van der Waals surface area contributed by atoms with Crippen LogP contribution in [-0.4, -0.2) is 58.1 Å². The molecule has 1 aliphatic carbocycles. The number of hydrogen-bond acceptors (Lipinski definition) is 3. The molecule has 1 N–H and O–H groups in total. The second kappa shape index (κ2) is 10.4. The smallest absolute Gasteiger partial charge is 0.475 e. The summed E-state index contributed by atoms with van der Waals surface area (Å²) >= 11 is 6.17. The Labute approximate surface area is 189 Å². The maximum atomic E-state index is 13.3. The summed E-state index contributed by atoms with van der Waals surface area (Å²) in [6.07, 6.45) is 3.38. The van der Waals surface area contributed by atoms with Gasteiger partial charge in [0.2, 0.25) is 5.91 Å². The lowest BCUT2D eigenvalue weighted by Crippen LogP contribution is -2.39. The number of carbonyl (C=O) groups is 2. The number of alkyl halides is 3. The molecule has 0 unspecified atom stereocenters. The highest BCUT2D eigenvalue weighted by atomic mass is 35.5. The van der Waals surface area contributed by atoms with Gasteiger partial charge in [-0.25, -0.2) is 9.18 Å². The summed E-state index contributed by atoms with van der Waals surface area (Å²) in [5.41, 5.74) is 0.836. The molecule has 1 amide bonds. The molecule has 2 heterocycles. The van der Waals surface area contributed by atoms with Crippen molar-refractivity contribution in [2.75, 3.05) is 13.1 Å². The summed E-state index contributed by atoms with van der Waals surface area (Å²) in [5.74, 6) is -2.07. The lowest BCUT2D eigenvalue weighted by Gasteiger charge is -2.30. The summed E-state index contributed by atoms with van der Waals surface area (Å²) in [7, 11) is 0. The summed E-state index contributed by atoms with van der Waals surface area (Å²) in [5, 5.41) is 7.54. The number of nitrogens with zero attached hydrogens (tertiary/aromatic N) is 2. The maximum Gasteiger partial charge on any atom is 0.490 e. The molecular weight excluding hydrogens is 452 g/mol. The number of amides is 1. The van der Waals surface area contributed by atoms with E-state index < -0.39 is 12.1 Å². The summed E-state index contributed by atoms with van der Waals surface area (Å²) < 4.78 is 45.0. The summed E-state index contributed by atoms with van der Waals surface area (Å²) in [6, 6.07) is 5.10. The minimum atomic E-state index is -5.08. The SMILES string of the molecule is O=C(O)C(F)(F)F.O=C1C[C@H]2[C@H](CCN2CC2CCCCC2)N1Cc1ccc(F)cc1Cl. The van der Waals surface area contributed by atoms with Gasteiger partial charge in [0.25, 0.3) is 0 Å². The van der Waals surface area contributed by atoms with Gasteiger partial charge >= 0.3 is 12.1 Å². The van der Waals surface area contributed by atoms with Crippen LogP contribution in [0.1, 0.15) is 50.5 Å². The molecule has 4 rings (SSSR count). The van der Waals surface area contributed by atoms with Crippen molar-refractivity contribution in [3.05, 3.63) is 34.6 Å². The molecule has 3 fully saturated rings. The Bertz CT molecular complexity index is 830. The minimum absolute atomic E-state index is 0.212. The Kier molecular flexibility index (Phi) is 8.03. The predicted octanol–water partition coefficient (Wildman–Crippen LogP) is 4.87. The molecule has 2 atom stereocenters. The highest BCUT2D eigenvalue weighted by Crippen LogP contribution is 2.36. The van der Waals surface area contributed by atoms with Crippen LogP contribution in [0.2, 0.25) is 5.02 Å². The van der Waals surface area contributed by atoms with Crippen molar-refractivity contribution in [2.24, 2.45) is 5.92 Å². The number of aliphatic carboxylic acids is 1. The maximum absolute atomic E-state index is 13.3. The number of rotatable bonds is 4. The van der Waals surface area contributed by atoms with Gasteiger partial charge in [-0.3, -0.25) is 9.69 Å². The van der Waals surface area contributed by atoms with Crippen LogP contribution in [-0.2, 0) is 16.1 Å². The van der Waals surface area contributed by atoms with Gasteiger partial charge in [-0.1, -0.05) is 36.9 Å². The van der Waals surface area contributed by atoms with E-state index in [9.17, 15) is 22.4 Å². The van der Waals surface area contributed by atoms with Crippen molar-refractivity contribution in [3.8, 4) is 0 Å². The number of halogens is 5. The zero-order valence-corrected chi connectivity index (χ0v) is 18.3. The average molecular weight is 479 g/mol. The molecule has 1 aromatic carbocycles. The van der Waals surface area contributed by atoms with E-state index in [2.05, 4.69) is 4.90 Å². The molecular formula is C22H27ClF4N2O3. The van der Waals surface area contributed by atoms with Crippen molar-refractivity contribution in [1.29, 1.82) is 0 Å². The van der Waals surface area contributed by atoms with Crippen LogP contribution in [0.4, 0.5) is 17.6 Å². The molecule has 1 saturated carbocycles. The number of carboxylic acid groups (broad SMARTS) is 1. The van der Waals surface area contributed by atoms with E-state index in [0.717, 1.165) is 31.0 Å². The van der Waals surface area contributed by atoms with Crippen molar-refractivity contribution in [3.63, 3.8) is 0 Å². The molecule has 0 bridgehead atoms. The Morgan fingerprint density at radius 2 is 1.78 bits per heavy atom. The first-order chi connectivity index (χ1) is 15.1. The van der Waals surface area contributed by atoms with E-state index >= 15 is 0 Å². The van der Waals surface area contributed by atoms with E-state index in [0.29, 0.717) is 24.0 Å². The molecule has 5 nitrogen and oxygen atoms in total. The lowest BCUT2D eigenvalue weighted by atomic mass is 9.89. The normalized spacial score (nSPS) is 24.3. The zero-order chi connectivity index (χ0) is 23.5. The van der Waals surface area contributed by atoms with Gasteiger partial charge in [-0.15, -0.1) is 0 Å². The molecule has 32 heavy (non-hydrogen) atoms. The highest BCUT2D eigenvalue weighted by Gasteiger charge is 2.46. The van der Waals surface area contributed by atoms with Crippen LogP contribution in [0, 0.1) is 11.7 Å². The van der Waals surface area contributed by atoms with Crippen LogP contribution < -0.4 is 0 Å². The first kappa shape index (κ1) is 24.8. The lowest BCUT2D eigenvalue weighted by molar-refractivity contribution is -0.192. The van der Waals surface area contributed by atoms with Gasteiger partial charge < -0.3 is 10.0 Å². The van der Waals surface area contributed by atoms with Gasteiger partial charge in [0.1, 0.15) is 5.82 Å². The van der Waals surface area contributed by atoms with Gasteiger partial charge in [0.05, 0.1) is 0 Å². The summed E-state index contributed by atoms with van der Waals surface area (Å²) in [4.78, 5) is 26.0. The monoisotopic (exact) mass is 478 g/mol. The molecule has 2 saturated heterocycles. The average Bonchev–Trinajstić information content (AvgIpc) is 3.24. The molecule has 1 aromatic rings.